The van der Waals surface area contributed by atoms with Gasteiger partial charge < -0.3 is 16.4 Å². The Morgan fingerprint density at radius 3 is 2.16 bits per heavy atom. The van der Waals surface area contributed by atoms with Crippen molar-refractivity contribution in [2.24, 2.45) is 5.73 Å². The van der Waals surface area contributed by atoms with Gasteiger partial charge >= 0.3 is 6.03 Å². The number of carbonyl (C=O) groups is 3. The van der Waals surface area contributed by atoms with Gasteiger partial charge in [0, 0.05) is 29.8 Å². The number of carbonyl (C=O) groups excluding carboxylic acids is 3. The normalized spacial score (nSPS) is 10.1. The molecule has 4 N–H and O–H groups in total. The summed E-state index contributed by atoms with van der Waals surface area (Å²) in [6.07, 6.45) is 1.14. The van der Waals surface area contributed by atoms with Crippen molar-refractivity contribution in [1.82, 2.24) is 0 Å². The molecule has 0 atom stereocenters. The highest BCUT2D eigenvalue weighted by molar-refractivity contribution is 6.00. The molecule has 0 heterocycles. The van der Waals surface area contributed by atoms with Crippen LogP contribution in [0.4, 0.5) is 16.2 Å². The van der Waals surface area contributed by atoms with Crippen molar-refractivity contribution >= 4 is 29.1 Å². The molecule has 0 aliphatic carbocycles. The average molecular weight is 339 g/mol. The number of anilines is 2. The number of ketones is 1. The highest BCUT2D eigenvalue weighted by Crippen LogP contribution is 2.16. The van der Waals surface area contributed by atoms with E-state index in [9.17, 15) is 14.4 Å². The van der Waals surface area contributed by atoms with E-state index in [1.807, 2.05) is 12.1 Å². The second kappa shape index (κ2) is 8.63. The fraction of sp³-hybridized carbons (Fsp3) is 0.211. The largest absolute Gasteiger partial charge is 0.351 e. The van der Waals surface area contributed by atoms with E-state index in [4.69, 9.17) is 5.73 Å². The molecule has 2 aromatic carbocycles. The summed E-state index contributed by atoms with van der Waals surface area (Å²) in [6, 6.07) is 13.4. The molecule has 0 radical (unpaired) electrons. The first-order valence-electron chi connectivity index (χ1n) is 8.06. The summed E-state index contributed by atoms with van der Waals surface area (Å²) in [4.78, 5) is 35.0. The molecule has 0 bridgehead atoms. The van der Waals surface area contributed by atoms with Crippen LogP contribution in [0.1, 0.15) is 35.7 Å². The summed E-state index contributed by atoms with van der Waals surface area (Å²) < 4.78 is 0. The lowest BCUT2D eigenvalue weighted by molar-refractivity contribution is -0.116. The van der Waals surface area contributed by atoms with Gasteiger partial charge in [0.1, 0.15) is 0 Å². The maximum absolute atomic E-state index is 12.1. The number of urea groups is 1. The van der Waals surface area contributed by atoms with Gasteiger partial charge in [-0.2, -0.15) is 0 Å². The van der Waals surface area contributed by atoms with Gasteiger partial charge in [-0.15, -0.1) is 0 Å². The van der Waals surface area contributed by atoms with Gasteiger partial charge in [0.15, 0.2) is 5.78 Å². The Bertz CT molecular complexity index is 770. The van der Waals surface area contributed by atoms with E-state index in [-0.39, 0.29) is 24.5 Å². The fourth-order valence-corrected chi connectivity index (χ4v) is 2.34. The van der Waals surface area contributed by atoms with E-state index < -0.39 is 6.03 Å². The minimum absolute atomic E-state index is 0.0676. The number of Topliss-reactive ketones (excluding diaryl/α,β-unsaturated/α-hetero) is 1. The molecule has 0 saturated carbocycles. The molecule has 2 aromatic rings. The lowest BCUT2D eigenvalue weighted by atomic mass is 10.0. The third kappa shape index (κ3) is 5.76. The Morgan fingerprint density at radius 1 is 0.920 bits per heavy atom. The zero-order chi connectivity index (χ0) is 18.2. The quantitative estimate of drug-likeness (QED) is 0.674. The number of hydrogen-bond acceptors (Lipinski definition) is 3. The molecule has 0 aliphatic heterocycles. The average Bonchev–Trinajstić information content (AvgIpc) is 2.59. The standard InChI is InChI=1S/C19H21N3O3/c1-2-13-6-8-14(9-7-13)17(23)10-11-18(24)21-15-4-3-5-16(12-15)22-19(20)25/h3-9,12H,2,10-11H2,1H3,(H,21,24)(H3,20,22,25). The number of aryl methyl sites for hydroxylation is 1. The lowest BCUT2D eigenvalue weighted by Gasteiger charge is -2.08. The van der Waals surface area contributed by atoms with E-state index >= 15 is 0 Å². The molecule has 0 spiro atoms. The highest BCUT2D eigenvalue weighted by Gasteiger charge is 2.10. The van der Waals surface area contributed by atoms with Gasteiger partial charge in [-0.3, -0.25) is 9.59 Å². The van der Waals surface area contributed by atoms with E-state index in [1.54, 1.807) is 36.4 Å². The molecule has 0 unspecified atom stereocenters. The van der Waals surface area contributed by atoms with Crippen LogP contribution in [0, 0.1) is 0 Å². The Labute approximate surface area is 146 Å². The van der Waals surface area contributed by atoms with Gasteiger partial charge in [-0.25, -0.2) is 4.79 Å². The Kier molecular flexibility index (Phi) is 6.28. The molecule has 0 fully saturated rings. The van der Waals surface area contributed by atoms with Crippen LogP contribution in [-0.4, -0.2) is 17.7 Å². The highest BCUT2D eigenvalue weighted by atomic mass is 16.2. The fourth-order valence-electron chi connectivity index (χ4n) is 2.34. The van der Waals surface area contributed by atoms with Crippen LogP contribution in [0.15, 0.2) is 48.5 Å². The third-order valence-corrected chi connectivity index (χ3v) is 3.68. The topological polar surface area (TPSA) is 101 Å². The van der Waals surface area contributed by atoms with E-state index in [2.05, 4.69) is 17.6 Å². The van der Waals surface area contributed by atoms with Crippen molar-refractivity contribution in [3.05, 3.63) is 59.7 Å². The maximum Gasteiger partial charge on any atom is 0.316 e. The van der Waals surface area contributed by atoms with Crippen LogP contribution in [0.25, 0.3) is 0 Å². The van der Waals surface area contributed by atoms with E-state index in [1.165, 1.54) is 5.56 Å². The van der Waals surface area contributed by atoms with E-state index in [0.29, 0.717) is 16.9 Å². The van der Waals surface area contributed by atoms with Crippen LogP contribution >= 0.6 is 0 Å². The van der Waals surface area contributed by atoms with Crippen molar-refractivity contribution < 1.29 is 14.4 Å². The summed E-state index contributed by atoms with van der Waals surface area (Å²) in [5.41, 5.74) is 7.84. The first kappa shape index (κ1) is 18.2. The Balaban J connectivity index is 1.87. The molecule has 0 aromatic heterocycles. The zero-order valence-electron chi connectivity index (χ0n) is 14.0. The van der Waals surface area contributed by atoms with E-state index in [0.717, 1.165) is 6.42 Å². The maximum atomic E-state index is 12.1. The predicted molar refractivity (Wildman–Crippen MR) is 97.7 cm³/mol. The zero-order valence-corrected chi connectivity index (χ0v) is 14.0. The first-order valence-corrected chi connectivity index (χ1v) is 8.06. The van der Waals surface area contributed by atoms with Gasteiger partial charge in [-0.1, -0.05) is 37.3 Å². The van der Waals surface area contributed by atoms with Crippen molar-refractivity contribution in [2.45, 2.75) is 26.2 Å². The van der Waals surface area contributed by atoms with Crippen LogP contribution in [-0.2, 0) is 11.2 Å². The number of hydrogen-bond donors (Lipinski definition) is 3. The Morgan fingerprint density at radius 2 is 1.56 bits per heavy atom. The molecule has 2 rings (SSSR count). The van der Waals surface area contributed by atoms with Crippen molar-refractivity contribution in [3.8, 4) is 0 Å². The van der Waals surface area contributed by atoms with Crippen LogP contribution < -0.4 is 16.4 Å². The number of rotatable bonds is 7. The van der Waals surface area contributed by atoms with Crippen LogP contribution in [0.2, 0.25) is 0 Å². The summed E-state index contributed by atoms with van der Waals surface area (Å²) in [6.45, 7) is 2.05. The van der Waals surface area contributed by atoms with Gasteiger partial charge in [0.2, 0.25) is 5.91 Å². The molecule has 6 nitrogen and oxygen atoms in total. The van der Waals surface area contributed by atoms with Gasteiger partial charge in [-0.05, 0) is 30.2 Å². The third-order valence-electron chi connectivity index (χ3n) is 3.68. The summed E-state index contributed by atoms with van der Waals surface area (Å²) >= 11 is 0. The first-order chi connectivity index (χ1) is 12.0. The minimum Gasteiger partial charge on any atom is -0.351 e. The monoisotopic (exact) mass is 339 g/mol. The lowest BCUT2D eigenvalue weighted by Crippen LogP contribution is -2.19. The molecule has 0 saturated heterocycles. The van der Waals surface area contributed by atoms with Crippen molar-refractivity contribution in [3.63, 3.8) is 0 Å². The number of primary amides is 1. The summed E-state index contributed by atoms with van der Waals surface area (Å²) in [5, 5.41) is 5.13. The Hall–Kier alpha value is -3.15. The number of benzene rings is 2. The molecule has 6 heteroatoms. The predicted octanol–water partition coefficient (Wildman–Crippen LogP) is 3.34. The summed E-state index contributed by atoms with van der Waals surface area (Å²) in [7, 11) is 0. The molecule has 3 amide bonds. The molecule has 130 valence electrons. The minimum atomic E-state index is -0.678. The molecule has 0 aliphatic rings. The molecule has 25 heavy (non-hydrogen) atoms. The van der Waals surface area contributed by atoms with Gasteiger partial charge in [0.05, 0.1) is 0 Å². The second-order valence-corrected chi connectivity index (χ2v) is 5.59. The second-order valence-electron chi connectivity index (χ2n) is 5.59. The smallest absolute Gasteiger partial charge is 0.316 e. The van der Waals surface area contributed by atoms with Crippen molar-refractivity contribution in [1.29, 1.82) is 0 Å². The molecular formula is C19H21N3O3. The van der Waals surface area contributed by atoms with Gasteiger partial charge in [0.25, 0.3) is 0 Å². The number of nitrogens with one attached hydrogen (secondary N) is 2. The van der Waals surface area contributed by atoms with Crippen molar-refractivity contribution in [2.75, 3.05) is 10.6 Å². The number of amides is 3. The van der Waals surface area contributed by atoms with Crippen LogP contribution in [0.5, 0.6) is 0 Å². The number of nitrogens with two attached hydrogens (primary N) is 1. The SMILES string of the molecule is CCc1ccc(C(=O)CCC(=O)Nc2cccc(NC(N)=O)c2)cc1. The summed E-state index contributed by atoms with van der Waals surface area (Å²) in [5.74, 6) is -0.336. The molecular weight excluding hydrogens is 318 g/mol. The van der Waals surface area contributed by atoms with Crippen LogP contribution in [0.3, 0.4) is 0 Å².